The highest BCUT2D eigenvalue weighted by Crippen LogP contribution is 2.12. The second-order valence-electron chi connectivity index (χ2n) is 6.06. The van der Waals surface area contributed by atoms with Gasteiger partial charge in [0.1, 0.15) is 5.60 Å². The third-order valence-electron chi connectivity index (χ3n) is 2.95. The van der Waals surface area contributed by atoms with Gasteiger partial charge in [0.05, 0.1) is 5.56 Å². The Bertz CT molecular complexity index is 515. The number of rotatable bonds is 3. The van der Waals surface area contributed by atoms with Gasteiger partial charge in [-0.05, 0) is 44.9 Å². The summed E-state index contributed by atoms with van der Waals surface area (Å²) >= 11 is 0. The Balaban J connectivity index is 1.89. The first-order chi connectivity index (χ1) is 9.94. The lowest BCUT2D eigenvalue weighted by Crippen LogP contribution is -2.40. The Kier molecular flexibility index (Phi) is 4.83. The summed E-state index contributed by atoms with van der Waals surface area (Å²) in [5.74, 6) is 0.554. The highest BCUT2D eigenvalue weighted by atomic mass is 16.6. The van der Waals surface area contributed by atoms with Gasteiger partial charge < -0.3 is 15.4 Å². The zero-order valence-electron chi connectivity index (χ0n) is 12.9. The maximum absolute atomic E-state index is 11.9. The molecule has 0 radical (unpaired) electrons. The molecule has 0 saturated heterocycles. The van der Waals surface area contributed by atoms with Crippen molar-refractivity contribution >= 4 is 11.9 Å². The van der Waals surface area contributed by atoms with Crippen LogP contribution in [0.1, 0.15) is 43.1 Å². The van der Waals surface area contributed by atoms with Crippen molar-refractivity contribution < 1.29 is 9.53 Å². The minimum absolute atomic E-state index is 0.291. The van der Waals surface area contributed by atoms with Gasteiger partial charge in [-0.25, -0.2) is 4.79 Å². The maximum atomic E-state index is 11.9. The molecule has 0 bridgehead atoms. The van der Waals surface area contributed by atoms with Crippen LogP contribution < -0.4 is 10.6 Å². The maximum Gasteiger partial charge on any atom is 0.338 e. The lowest BCUT2D eigenvalue weighted by Gasteiger charge is -2.19. The molecule has 0 aliphatic carbocycles. The van der Waals surface area contributed by atoms with Crippen molar-refractivity contribution in [2.45, 2.75) is 39.3 Å². The lowest BCUT2D eigenvalue weighted by atomic mass is 10.1. The van der Waals surface area contributed by atoms with E-state index in [2.05, 4.69) is 15.6 Å². The number of benzene rings is 1. The van der Waals surface area contributed by atoms with Crippen LogP contribution in [0.4, 0.5) is 0 Å². The average molecular weight is 289 g/mol. The van der Waals surface area contributed by atoms with Crippen molar-refractivity contribution in [2.75, 3.05) is 13.1 Å². The quantitative estimate of drug-likeness (QED) is 0.836. The van der Waals surface area contributed by atoms with Gasteiger partial charge in [-0.15, -0.1) is 0 Å². The summed E-state index contributed by atoms with van der Waals surface area (Å²) in [5, 5.41) is 6.46. The third-order valence-corrected chi connectivity index (χ3v) is 2.95. The average Bonchev–Trinajstić information content (AvgIpc) is 2.45. The fourth-order valence-electron chi connectivity index (χ4n) is 1.93. The molecular weight excluding hydrogens is 266 g/mol. The van der Waals surface area contributed by atoms with Crippen LogP contribution in [0.15, 0.2) is 29.3 Å². The first-order valence-electron chi connectivity index (χ1n) is 7.28. The number of nitrogens with zero attached hydrogens (tertiary/aromatic N) is 1. The van der Waals surface area contributed by atoms with Crippen LogP contribution in [0.25, 0.3) is 0 Å². The summed E-state index contributed by atoms with van der Waals surface area (Å²) in [4.78, 5) is 16.3. The fourth-order valence-corrected chi connectivity index (χ4v) is 1.93. The molecule has 21 heavy (non-hydrogen) atoms. The topological polar surface area (TPSA) is 62.7 Å². The number of hydrogen-bond acceptors (Lipinski definition) is 5. The Hall–Kier alpha value is -2.04. The molecule has 114 valence electrons. The Morgan fingerprint density at radius 1 is 1.33 bits per heavy atom. The van der Waals surface area contributed by atoms with Gasteiger partial charge in [0.15, 0.2) is 5.96 Å². The lowest BCUT2D eigenvalue weighted by molar-refractivity contribution is 0.00695. The third kappa shape index (κ3) is 5.10. The van der Waals surface area contributed by atoms with Gasteiger partial charge in [0.25, 0.3) is 0 Å². The van der Waals surface area contributed by atoms with Gasteiger partial charge in [0, 0.05) is 19.6 Å². The summed E-state index contributed by atoms with van der Waals surface area (Å²) in [6.45, 7) is 8.10. The van der Waals surface area contributed by atoms with Gasteiger partial charge in [0.2, 0.25) is 0 Å². The van der Waals surface area contributed by atoms with Crippen molar-refractivity contribution in [3.05, 3.63) is 35.4 Å². The predicted molar refractivity (Wildman–Crippen MR) is 83.4 cm³/mol. The number of carbonyl (C=O) groups excluding carboxylic acids is 1. The molecule has 0 fully saturated rings. The van der Waals surface area contributed by atoms with Crippen molar-refractivity contribution in [1.82, 2.24) is 10.6 Å². The molecule has 0 spiro atoms. The first-order valence-corrected chi connectivity index (χ1v) is 7.28. The first kappa shape index (κ1) is 15.4. The molecule has 1 aromatic rings. The van der Waals surface area contributed by atoms with Crippen LogP contribution in [0.2, 0.25) is 0 Å². The van der Waals surface area contributed by atoms with E-state index in [9.17, 15) is 4.79 Å². The normalized spacial score (nSPS) is 14.9. The Morgan fingerprint density at radius 2 is 2.05 bits per heavy atom. The van der Waals surface area contributed by atoms with Crippen LogP contribution in [0.5, 0.6) is 0 Å². The van der Waals surface area contributed by atoms with Crippen molar-refractivity contribution in [1.29, 1.82) is 0 Å². The summed E-state index contributed by atoms with van der Waals surface area (Å²) in [6.07, 6.45) is 1.08. The van der Waals surface area contributed by atoms with Crippen LogP contribution in [-0.4, -0.2) is 30.6 Å². The monoisotopic (exact) mass is 289 g/mol. The zero-order chi connectivity index (χ0) is 15.3. The predicted octanol–water partition coefficient (Wildman–Crippen LogP) is 2.08. The number of ether oxygens (including phenoxy) is 1. The molecule has 1 aromatic carbocycles. The van der Waals surface area contributed by atoms with Gasteiger partial charge in [-0.1, -0.05) is 12.1 Å². The smallest absolute Gasteiger partial charge is 0.338 e. The molecule has 1 aliphatic rings. The summed E-state index contributed by atoms with van der Waals surface area (Å²) in [7, 11) is 0. The van der Waals surface area contributed by atoms with Gasteiger partial charge >= 0.3 is 5.97 Å². The Labute approximate surface area is 125 Å². The second-order valence-corrected chi connectivity index (χ2v) is 6.06. The number of nitrogens with one attached hydrogen (secondary N) is 2. The van der Waals surface area contributed by atoms with Crippen LogP contribution in [0, 0.1) is 0 Å². The zero-order valence-corrected chi connectivity index (χ0v) is 12.9. The minimum Gasteiger partial charge on any atom is -0.456 e. The largest absolute Gasteiger partial charge is 0.456 e. The number of carbonyl (C=O) groups is 1. The summed E-state index contributed by atoms with van der Waals surface area (Å²) < 4.78 is 5.34. The van der Waals surface area contributed by atoms with E-state index in [4.69, 9.17) is 4.74 Å². The van der Waals surface area contributed by atoms with Crippen molar-refractivity contribution in [3.63, 3.8) is 0 Å². The van der Waals surface area contributed by atoms with E-state index in [1.807, 2.05) is 32.9 Å². The summed E-state index contributed by atoms with van der Waals surface area (Å²) in [6, 6.07) is 7.44. The van der Waals surface area contributed by atoms with Crippen LogP contribution in [-0.2, 0) is 11.3 Å². The number of hydrogen-bond donors (Lipinski definition) is 2. The standard InChI is InChI=1S/C16H23N3O2/c1-16(2,3)21-14(20)13-7-5-12(6-8-13)11-19-15-17-9-4-10-18-15/h5-8H,4,9-11H2,1-3H3,(H2,17,18,19). The molecule has 1 heterocycles. The molecule has 0 unspecified atom stereocenters. The van der Waals surface area contributed by atoms with Crippen molar-refractivity contribution in [3.8, 4) is 0 Å². The van der Waals surface area contributed by atoms with E-state index in [0.717, 1.165) is 31.0 Å². The van der Waals surface area contributed by atoms with E-state index in [1.54, 1.807) is 12.1 Å². The molecule has 5 heteroatoms. The second kappa shape index (κ2) is 6.61. The van der Waals surface area contributed by atoms with E-state index in [1.165, 1.54) is 0 Å². The number of esters is 1. The minimum atomic E-state index is -0.470. The van der Waals surface area contributed by atoms with Crippen LogP contribution in [0.3, 0.4) is 0 Å². The fraction of sp³-hybridized carbons (Fsp3) is 0.500. The van der Waals surface area contributed by atoms with Gasteiger partial charge in [-0.2, -0.15) is 0 Å². The molecule has 5 nitrogen and oxygen atoms in total. The van der Waals surface area contributed by atoms with E-state index in [0.29, 0.717) is 12.1 Å². The van der Waals surface area contributed by atoms with Crippen LogP contribution >= 0.6 is 0 Å². The molecular formula is C16H23N3O2. The van der Waals surface area contributed by atoms with Crippen molar-refractivity contribution in [2.24, 2.45) is 4.99 Å². The SMILES string of the molecule is CC(C)(C)OC(=O)c1ccc(CNC2=NCCCN2)cc1. The molecule has 2 rings (SSSR count). The van der Waals surface area contributed by atoms with Gasteiger partial charge in [-0.3, -0.25) is 4.99 Å². The molecule has 2 N–H and O–H groups in total. The number of guanidine groups is 1. The highest BCUT2D eigenvalue weighted by molar-refractivity contribution is 5.89. The summed E-state index contributed by atoms with van der Waals surface area (Å²) in [5.41, 5.74) is 1.20. The number of aliphatic imine (C=N–C) groups is 1. The molecule has 0 aromatic heterocycles. The molecule has 0 amide bonds. The molecule has 0 saturated carbocycles. The van der Waals surface area contributed by atoms with E-state index in [-0.39, 0.29) is 5.97 Å². The van der Waals surface area contributed by atoms with E-state index >= 15 is 0 Å². The Morgan fingerprint density at radius 3 is 2.62 bits per heavy atom. The van der Waals surface area contributed by atoms with E-state index < -0.39 is 5.60 Å². The molecule has 1 aliphatic heterocycles. The highest BCUT2D eigenvalue weighted by Gasteiger charge is 2.17. The molecule has 0 atom stereocenters.